The van der Waals surface area contributed by atoms with Crippen LogP contribution in [0.1, 0.15) is 22.3 Å². The molecule has 0 spiro atoms. The van der Waals surface area contributed by atoms with Gasteiger partial charge in [-0.15, -0.1) is 0 Å². The summed E-state index contributed by atoms with van der Waals surface area (Å²) in [6.07, 6.45) is 0. The first-order valence-corrected chi connectivity index (χ1v) is 14.3. The van der Waals surface area contributed by atoms with E-state index >= 15 is 0 Å². The average molecular weight is 548 g/mol. The molecule has 160 valence electrons. The van der Waals surface area contributed by atoms with Gasteiger partial charge in [0, 0.05) is 0 Å². The molecule has 2 nitrogen and oxygen atoms in total. The fraction of sp³-hybridized carbons (Fsp3) is 0.143. The first kappa shape index (κ1) is 21.4. The van der Waals surface area contributed by atoms with Crippen molar-refractivity contribution in [1.82, 2.24) is 0 Å². The maximum atomic E-state index is 3.84. The van der Waals surface area contributed by atoms with Gasteiger partial charge in [-0.2, -0.15) is 0 Å². The number of hydrogen-bond donors (Lipinski definition) is 2. The number of nitrogens with one attached hydrogen (secondary N) is 2. The van der Waals surface area contributed by atoms with Crippen LogP contribution in [0, 0.1) is 13.8 Å². The summed E-state index contributed by atoms with van der Waals surface area (Å²) in [4.78, 5) is 0. The van der Waals surface area contributed by atoms with Gasteiger partial charge in [0.05, 0.1) is 0 Å². The van der Waals surface area contributed by atoms with Gasteiger partial charge in [-0.3, -0.25) is 0 Å². The van der Waals surface area contributed by atoms with Gasteiger partial charge in [0.2, 0.25) is 0 Å². The van der Waals surface area contributed by atoms with E-state index in [0.29, 0.717) is 0 Å². The first-order chi connectivity index (χ1) is 15.7. The van der Waals surface area contributed by atoms with Crippen molar-refractivity contribution in [1.29, 1.82) is 0 Å². The van der Waals surface area contributed by atoms with E-state index in [0.717, 1.165) is 13.1 Å². The molecule has 4 aromatic rings. The molecule has 0 aliphatic carbocycles. The van der Waals surface area contributed by atoms with Crippen molar-refractivity contribution in [2.45, 2.75) is 26.9 Å². The van der Waals surface area contributed by atoms with E-state index in [1.54, 1.807) is 0 Å². The summed E-state index contributed by atoms with van der Waals surface area (Å²) in [5, 5.41) is 7.68. The Hall–Kier alpha value is -2.48. The Kier molecular flexibility index (Phi) is 6.39. The Morgan fingerprint density at radius 2 is 0.969 bits per heavy atom. The van der Waals surface area contributed by atoms with Crippen LogP contribution >= 0.6 is 0 Å². The Bertz CT molecular complexity index is 1140. The van der Waals surface area contributed by atoms with Crippen molar-refractivity contribution in [3.8, 4) is 0 Å². The molecule has 1 heterocycles. The predicted octanol–water partition coefficient (Wildman–Crippen LogP) is 3.15. The van der Waals surface area contributed by atoms with Gasteiger partial charge < -0.3 is 0 Å². The van der Waals surface area contributed by atoms with Crippen LogP contribution in [-0.2, 0) is 13.1 Å². The van der Waals surface area contributed by atoms with Crippen LogP contribution in [0.15, 0.2) is 84.9 Å². The molecule has 0 unspecified atom stereocenters. The standard InChI is InChI=1S/C28H26N2Se2/c1-19-13-21-17-29-28-22(14-20(2)16-26(28)32-24-11-7-4-8-12-24)18-30-27(21)25(15-19)31-23-9-5-3-6-10-23/h3-16,29-30H,17-18H2,1-2H3. The summed E-state index contributed by atoms with van der Waals surface area (Å²) < 4.78 is 5.69. The summed E-state index contributed by atoms with van der Waals surface area (Å²) in [7, 11) is 0. The van der Waals surface area contributed by atoms with Gasteiger partial charge in [0.25, 0.3) is 0 Å². The van der Waals surface area contributed by atoms with Gasteiger partial charge in [-0.25, -0.2) is 0 Å². The molecule has 1 aliphatic heterocycles. The molecule has 5 rings (SSSR count). The van der Waals surface area contributed by atoms with Crippen molar-refractivity contribution in [2.75, 3.05) is 10.6 Å². The van der Waals surface area contributed by atoms with Crippen molar-refractivity contribution in [2.24, 2.45) is 0 Å². The SMILES string of the molecule is Cc1cc2c(c([Se]c3ccccc3)c1)NCc1cc(C)cc([Se]c3ccccc3)c1NC2. The molecular formula is C28H26N2Se2. The molecule has 0 radical (unpaired) electrons. The first-order valence-electron chi connectivity index (χ1n) is 10.9. The third kappa shape index (κ3) is 4.80. The van der Waals surface area contributed by atoms with Gasteiger partial charge in [-0.1, -0.05) is 0 Å². The van der Waals surface area contributed by atoms with Gasteiger partial charge in [-0.05, 0) is 0 Å². The second-order valence-corrected chi connectivity index (χ2v) is 12.8. The van der Waals surface area contributed by atoms with Crippen LogP contribution in [0.25, 0.3) is 0 Å². The van der Waals surface area contributed by atoms with Crippen molar-refractivity contribution >= 4 is 59.1 Å². The summed E-state index contributed by atoms with van der Waals surface area (Å²) in [5.74, 6) is 0. The molecule has 32 heavy (non-hydrogen) atoms. The summed E-state index contributed by atoms with van der Waals surface area (Å²) in [6.45, 7) is 6.11. The van der Waals surface area contributed by atoms with Crippen molar-refractivity contribution in [3.05, 3.63) is 107 Å². The van der Waals surface area contributed by atoms with E-state index in [2.05, 4.69) is 109 Å². The zero-order valence-corrected chi connectivity index (χ0v) is 21.7. The van der Waals surface area contributed by atoms with Crippen LogP contribution < -0.4 is 28.5 Å². The van der Waals surface area contributed by atoms with E-state index in [9.17, 15) is 0 Å². The average Bonchev–Trinajstić information content (AvgIpc) is 2.77. The van der Waals surface area contributed by atoms with Gasteiger partial charge in [0.1, 0.15) is 0 Å². The maximum absolute atomic E-state index is 3.84. The molecule has 1 aliphatic rings. The van der Waals surface area contributed by atoms with E-state index in [-0.39, 0.29) is 29.9 Å². The Labute approximate surface area is 203 Å². The zero-order valence-electron chi connectivity index (χ0n) is 18.3. The third-order valence-electron chi connectivity index (χ3n) is 5.51. The van der Waals surface area contributed by atoms with Crippen molar-refractivity contribution in [3.63, 3.8) is 0 Å². The van der Waals surface area contributed by atoms with E-state index in [1.807, 2.05) is 0 Å². The molecule has 0 atom stereocenters. The second kappa shape index (κ2) is 9.56. The second-order valence-electron chi connectivity index (χ2n) is 8.13. The van der Waals surface area contributed by atoms with Gasteiger partial charge >= 0.3 is 204 Å². The van der Waals surface area contributed by atoms with Crippen LogP contribution in [0.3, 0.4) is 0 Å². The molecular weight excluding hydrogens is 522 g/mol. The van der Waals surface area contributed by atoms with E-state index in [1.165, 1.54) is 51.5 Å². The molecule has 0 fully saturated rings. The quantitative estimate of drug-likeness (QED) is 0.383. The molecule has 0 amide bonds. The van der Waals surface area contributed by atoms with Crippen LogP contribution in [-0.4, -0.2) is 29.9 Å². The summed E-state index contributed by atoms with van der Waals surface area (Å²) >= 11 is 0.557. The number of hydrogen-bond acceptors (Lipinski definition) is 2. The van der Waals surface area contributed by atoms with E-state index in [4.69, 9.17) is 0 Å². The number of aryl methyl sites for hydroxylation is 2. The van der Waals surface area contributed by atoms with Crippen LogP contribution in [0.4, 0.5) is 11.4 Å². The predicted molar refractivity (Wildman–Crippen MR) is 140 cm³/mol. The minimum absolute atomic E-state index is 0.278. The molecule has 2 N–H and O–H groups in total. The molecule has 0 bridgehead atoms. The van der Waals surface area contributed by atoms with Crippen LogP contribution in [0.5, 0.6) is 0 Å². The number of rotatable bonds is 4. The van der Waals surface area contributed by atoms with Crippen LogP contribution in [0.2, 0.25) is 0 Å². The summed E-state index contributed by atoms with van der Waals surface area (Å²) in [5.41, 5.74) is 8.02. The number of anilines is 2. The normalized spacial score (nSPS) is 12.6. The van der Waals surface area contributed by atoms with E-state index < -0.39 is 0 Å². The molecule has 0 saturated heterocycles. The molecule has 4 aromatic carbocycles. The minimum atomic E-state index is 0.278. The molecule has 0 aromatic heterocycles. The van der Waals surface area contributed by atoms with Gasteiger partial charge in [0.15, 0.2) is 0 Å². The molecule has 4 heteroatoms. The summed E-state index contributed by atoms with van der Waals surface area (Å²) in [6, 6.07) is 31.1. The Balaban J connectivity index is 1.49. The molecule has 0 saturated carbocycles. The number of benzene rings is 4. The third-order valence-corrected chi connectivity index (χ3v) is 9.91. The van der Waals surface area contributed by atoms with Crippen molar-refractivity contribution < 1.29 is 0 Å². The Morgan fingerprint density at radius 3 is 1.38 bits per heavy atom. The topological polar surface area (TPSA) is 24.1 Å². The fourth-order valence-electron chi connectivity index (χ4n) is 4.09. The zero-order chi connectivity index (χ0) is 21.9. The Morgan fingerprint density at radius 1 is 0.562 bits per heavy atom. The monoisotopic (exact) mass is 550 g/mol. The fourth-order valence-corrected chi connectivity index (χ4v) is 8.70. The number of fused-ring (bicyclic) bond motifs is 2.